The fourth-order valence-electron chi connectivity index (χ4n) is 2.69. The molecule has 5 heteroatoms. The molecule has 0 spiro atoms. The normalized spacial score (nSPS) is 14.3. The van der Waals surface area contributed by atoms with Crippen LogP contribution in [0.25, 0.3) is 0 Å². The number of carbonyl (C=O) groups excluding carboxylic acids is 2. The number of rotatable bonds is 3. The van der Waals surface area contributed by atoms with Crippen LogP contribution in [0.5, 0.6) is 0 Å². The van der Waals surface area contributed by atoms with Gasteiger partial charge in [0.05, 0.1) is 10.6 Å². The zero-order chi connectivity index (χ0) is 16.4. The molecular weight excluding hydrogens is 314 g/mol. The van der Waals surface area contributed by atoms with E-state index < -0.39 is 12.1 Å². The van der Waals surface area contributed by atoms with E-state index in [1.807, 2.05) is 24.3 Å². The van der Waals surface area contributed by atoms with Crippen LogP contribution in [-0.4, -0.2) is 24.5 Å². The van der Waals surface area contributed by atoms with Gasteiger partial charge in [0.15, 0.2) is 6.10 Å². The third-order valence-electron chi connectivity index (χ3n) is 3.88. The van der Waals surface area contributed by atoms with Crippen LogP contribution in [0.2, 0.25) is 5.02 Å². The van der Waals surface area contributed by atoms with Crippen molar-refractivity contribution in [2.75, 3.05) is 11.4 Å². The molecule has 2 aromatic carbocycles. The summed E-state index contributed by atoms with van der Waals surface area (Å²) in [5, 5.41) is 0.309. The van der Waals surface area contributed by atoms with Gasteiger partial charge in [-0.2, -0.15) is 0 Å². The first-order valence-electron chi connectivity index (χ1n) is 7.42. The molecule has 0 unspecified atom stereocenters. The number of anilines is 1. The highest BCUT2D eigenvalue weighted by Gasteiger charge is 2.30. The third kappa shape index (κ3) is 3.08. The first-order chi connectivity index (χ1) is 11.1. The molecule has 0 saturated heterocycles. The molecule has 1 amide bonds. The van der Waals surface area contributed by atoms with Gasteiger partial charge < -0.3 is 9.64 Å². The Morgan fingerprint density at radius 2 is 1.83 bits per heavy atom. The standard InChI is InChI=1S/C18H16ClNO3/c1-12(23-18(22)14-7-3-4-8-15(14)19)17(21)20-11-10-13-6-2-5-9-16(13)20/h2-9,12H,10-11H2,1H3/t12-/m0/s1. The van der Waals surface area contributed by atoms with Crippen molar-refractivity contribution in [2.24, 2.45) is 0 Å². The van der Waals surface area contributed by atoms with E-state index in [0.29, 0.717) is 11.6 Å². The Bertz CT molecular complexity index is 759. The van der Waals surface area contributed by atoms with Crippen LogP contribution >= 0.6 is 11.6 Å². The molecule has 1 atom stereocenters. The number of nitrogens with zero attached hydrogens (tertiary/aromatic N) is 1. The van der Waals surface area contributed by atoms with Crippen LogP contribution in [0.15, 0.2) is 48.5 Å². The maximum Gasteiger partial charge on any atom is 0.340 e. The van der Waals surface area contributed by atoms with Crippen molar-refractivity contribution in [1.82, 2.24) is 0 Å². The summed E-state index contributed by atoms with van der Waals surface area (Å²) in [6, 6.07) is 14.4. The van der Waals surface area contributed by atoms with Crippen LogP contribution in [0.4, 0.5) is 5.69 Å². The molecule has 0 N–H and O–H groups in total. The number of fused-ring (bicyclic) bond motifs is 1. The Labute approximate surface area is 139 Å². The topological polar surface area (TPSA) is 46.6 Å². The minimum atomic E-state index is -0.870. The van der Waals surface area contributed by atoms with Gasteiger partial charge in [0.2, 0.25) is 0 Å². The molecule has 0 bridgehead atoms. The van der Waals surface area contributed by atoms with Crippen LogP contribution in [0, 0.1) is 0 Å². The van der Waals surface area contributed by atoms with E-state index in [2.05, 4.69) is 0 Å². The molecule has 4 nitrogen and oxygen atoms in total. The number of halogens is 1. The summed E-state index contributed by atoms with van der Waals surface area (Å²) in [6.07, 6.45) is -0.0578. The van der Waals surface area contributed by atoms with Crippen molar-refractivity contribution in [3.8, 4) is 0 Å². The van der Waals surface area contributed by atoms with Gasteiger partial charge in [-0.1, -0.05) is 41.9 Å². The summed E-state index contributed by atoms with van der Waals surface area (Å²) in [5.74, 6) is -0.820. The van der Waals surface area contributed by atoms with Crippen LogP contribution in [0.1, 0.15) is 22.8 Å². The highest BCUT2D eigenvalue weighted by Crippen LogP contribution is 2.28. The minimum Gasteiger partial charge on any atom is -0.449 e. The third-order valence-corrected chi connectivity index (χ3v) is 4.21. The molecule has 3 rings (SSSR count). The van der Waals surface area contributed by atoms with Crippen molar-refractivity contribution in [1.29, 1.82) is 0 Å². The summed E-state index contributed by atoms with van der Waals surface area (Å²) in [6.45, 7) is 2.18. The molecule has 0 aromatic heterocycles. The Hall–Kier alpha value is -2.33. The zero-order valence-electron chi connectivity index (χ0n) is 12.7. The number of ether oxygens (including phenoxy) is 1. The van der Waals surface area contributed by atoms with Crippen LogP contribution in [0.3, 0.4) is 0 Å². The van der Waals surface area contributed by atoms with Crippen molar-refractivity contribution in [2.45, 2.75) is 19.4 Å². The number of hydrogen-bond donors (Lipinski definition) is 0. The van der Waals surface area contributed by atoms with Gasteiger partial charge in [-0.3, -0.25) is 4.79 Å². The lowest BCUT2D eigenvalue weighted by Crippen LogP contribution is -2.39. The Kier molecular flexibility index (Phi) is 4.35. The number of para-hydroxylation sites is 1. The second-order valence-electron chi connectivity index (χ2n) is 5.40. The molecule has 1 aliphatic heterocycles. The van der Waals surface area contributed by atoms with E-state index in [0.717, 1.165) is 17.7 Å². The lowest BCUT2D eigenvalue weighted by molar-refractivity contribution is -0.126. The number of esters is 1. The minimum absolute atomic E-state index is 0.227. The van der Waals surface area contributed by atoms with Gasteiger partial charge in [0, 0.05) is 12.2 Å². The van der Waals surface area contributed by atoms with Crippen LogP contribution < -0.4 is 4.90 Å². The van der Waals surface area contributed by atoms with E-state index in [9.17, 15) is 9.59 Å². The second-order valence-corrected chi connectivity index (χ2v) is 5.80. The summed E-state index contributed by atoms with van der Waals surface area (Å²) < 4.78 is 5.29. The van der Waals surface area contributed by atoms with Crippen molar-refractivity contribution >= 4 is 29.2 Å². The van der Waals surface area contributed by atoms with Crippen molar-refractivity contribution in [3.05, 3.63) is 64.7 Å². The number of carbonyl (C=O) groups is 2. The lowest BCUT2D eigenvalue weighted by Gasteiger charge is -2.21. The summed E-state index contributed by atoms with van der Waals surface area (Å²) >= 11 is 5.98. The molecule has 23 heavy (non-hydrogen) atoms. The molecule has 1 aliphatic rings. The molecule has 0 fully saturated rings. The highest BCUT2D eigenvalue weighted by atomic mass is 35.5. The van der Waals surface area contributed by atoms with Crippen molar-refractivity contribution in [3.63, 3.8) is 0 Å². The van der Waals surface area contributed by atoms with Gasteiger partial charge in [-0.05, 0) is 37.1 Å². The summed E-state index contributed by atoms with van der Waals surface area (Å²) in [7, 11) is 0. The monoisotopic (exact) mass is 329 g/mol. The first-order valence-corrected chi connectivity index (χ1v) is 7.80. The maximum absolute atomic E-state index is 12.6. The van der Waals surface area contributed by atoms with Crippen molar-refractivity contribution < 1.29 is 14.3 Å². The first kappa shape index (κ1) is 15.6. The van der Waals surface area contributed by atoms with E-state index in [4.69, 9.17) is 16.3 Å². The maximum atomic E-state index is 12.6. The molecule has 118 valence electrons. The molecule has 0 aliphatic carbocycles. The van der Waals surface area contributed by atoms with Crippen LogP contribution in [-0.2, 0) is 16.0 Å². The molecule has 2 aromatic rings. The van der Waals surface area contributed by atoms with Gasteiger partial charge >= 0.3 is 5.97 Å². The highest BCUT2D eigenvalue weighted by molar-refractivity contribution is 6.33. The average Bonchev–Trinajstić information content (AvgIpc) is 2.98. The Balaban J connectivity index is 1.72. The molecule has 0 saturated carbocycles. The zero-order valence-corrected chi connectivity index (χ0v) is 13.4. The van der Waals surface area contributed by atoms with E-state index >= 15 is 0 Å². The van der Waals surface area contributed by atoms with Gasteiger partial charge in [-0.25, -0.2) is 4.79 Å². The average molecular weight is 330 g/mol. The summed E-state index contributed by atoms with van der Waals surface area (Å²) in [4.78, 5) is 26.4. The Morgan fingerprint density at radius 3 is 2.61 bits per heavy atom. The predicted octanol–water partition coefficient (Wildman–Crippen LogP) is 3.47. The quantitative estimate of drug-likeness (QED) is 0.810. The number of amides is 1. The molecular formula is C18H16ClNO3. The largest absolute Gasteiger partial charge is 0.449 e. The van der Waals surface area contributed by atoms with E-state index in [1.54, 1.807) is 36.1 Å². The predicted molar refractivity (Wildman–Crippen MR) is 88.8 cm³/mol. The molecule has 1 heterocycles. The smallest absolute Gasteiger partial charge is 0.340 e. The van der Waals surface area contributed by atoms with Gasteiger partial charge in [0.25, 0.3) is 5.91 Å². The Morgan fingerprint density at radius 1 is 1.13 bits per heavy atom. The second kappa shape index (κ2) is 6.42. The number of benzene rings is 2. The molecule has 0 radical (unpaired) electrons. The fraction of sp³-hybridized carbons (Fsp3) is 0.222. The fourth-order valence-corrected chi connectivity index (χ4v) is 2.90. The van der Waals surface area contributed by atoms with Gasteiger partial charge in [0.1, 0.15) is 0 Å². The van der Waals surface area contributed by atoms with E-state index in [1.165, 1.54) is 0 Å². The lowest BCUT2D eigenvalue weighted by atomic mass is 10.2. The van der Waals surface area contributed by atoms with E-state index in [-0.39, 0.29) is 11.5 Å². The summed E-state index contributed by atoms with van der Waals surface area (Å²) in [5.41, 5.74) is 2.28. The number of hydrogen-bond acceptors (Lipinski definition) is 3. The van der Waals surface area contributed by atoms with Gasteiger partial charge in [-0.15, -0.1) is 0 Å². The SMILES string of the molecule is C[C@H](OC(=O)c1ccccc1Cl)C(=O)N1CCc2ccccc21.